The smallest absolute Gasteiger partial charge is 0.412 e. The molecule has 224 valence electrons. The first kappa shape index (κ1) is 31.7. The van der Waals surface area contributed by atoms with E-state index in [9.17, 15) is 18.0 Å². The molecule has 4 aromatic carbocycles. The van der Waals surface area contributed by atoms with E-state index in [0.29, 0.717) is 24.3 Å². The third kappa shape index (κ3) is 10.2. The summed E-state index contributed by atoms with van der Waals surface area (Å²) in [5, 5.41) is 5.59. The zero-order valence-electron chi connectivity index (χ0n) is 24.3. The molecule has 43 heavy (non-hydrogen) atoms. The highest BCUT2D eigenvalue weighted by Crippen LogP contribution is 2.23. The monoisotopic (exact) mass is 617 g/mol. The molecule has 0 spiro atoms. The van der Waals surface area contributed by atoms with Crippen LogP contribution in [0.2, 0.25) is 0 Å². The van der Waals surface area contributed by atoms with Crippen LogP contribution in [0.15, 0.2) is 113 Å². The van der Waals surface area contributed by atoms with Crippen LogP contribution in [0, 0.1) is 0 Å². The lowest BCUT2D eigenvalue weighted by atomic mass is 10.1. The summed E-state index contributed by atoms with van der Waals surface area (Å²) in [5.41, 5.74) is 3.43. The molecule has 4 rings (SSSR count). The Hall–Kier alpha value is -4.28. The number of nitrogens with one attached hydrogen (secondary N) is 3. The maximum Gasteiger partial charge on any atom is 0.412 e. The van der Waals surface area contributed by atoms with Crippen LogP contribution in [0.1, 0.15) is 26.3 Å². The summed E-state index contributed by atoms with van der Waals surface area (Å²) in [7, 11) is -3.73. The summed E-state index contributed by atoms with van der Waals surface area (Å²) in [5.74, 6) is 0.162. The quantitative estimate of drug-likeness (QED) is 0.157. The van der Waals surface area contributed by atoms with Crippen LogP contribution in [-0.4, -0.2) is 38.3 Å². The third-order valence-corrected chi connectivity index (χ3v) is 8.49. The Kier molecular flexibility index (Phi) is 10.5. The minimum Gasteiger partial charge on any atom is -0.444 e. The fourth-order valence-corrected chi connectivity index (χ4v) is 5.80. The summed E-state index contributed by atoms with van der Waals surface area (Å²) < 4.78 is 33.6. The molecule has 8 nitrogen and oxygen atoms in total. The maximum absolute atomic E-state index is 12.9. The first-order valence-corrected chi connectivity index (χ1v) is 16.2. The van der Waals surface area contributed by atoms with E-state index < -0.39 is 21.7 Å². The van der Waals surface area contributed by atoms with E-state index in [1.54, 1.807) is 69.3 Å². The molecule has 2 amide bonds. The van der Waals surface area contributed by atoms with Gasteiger partial charge in [0.15, 0.2) is 0 Å². The molecule has 0 unspecified atom stereocenters. The molecule has 4 aromatic rings. The number of anilines is 2. The molecule has 10 heteroatoms. The number of carbonyl (C=O) groups excluding carboxylic acids is 2. The van der Waals surface area contributed by atoms with Gasteiger partial charge in [-0.1, -0.05) is 54.6 Å². The zero-order valence-corrected chi connectivity index (χ0v) is 25.9. The van der Waals surface area contributed by atoms with Gasteiger partial charge in [0.25, 0.3) is 10.0 Å². The Morgan fingerprint density at radius 1 is 0.767 bits per heavy atom. The first-order valence-electron chi connectivity index (χ1n) is 13.7. The Bertz CT molecular complexity index is 1620. The summed E-state index contributed by atoms with van der Waals surface area (Å²) in [4.78, 5) is 25.3. The van der Waals surface area contributed by atoms with E-state index in [0.717, 1.165) is 21.6 Å². The predicted molar refractivity (Wildman–Crippen MR) is 173 cm³/mol. The lowest BCUT2D eigenvalue weighted by Gasteiger charge is -2.19. The first-order chi connectivity index (χ1) is 20.5. The largest absolute Gasteiger partial charge is 0.444 e. The number of rotatable bonds is 11. The van der Waals surface area contributed by atoms with Crippen molar-refractivity contribution in [3.05, 3.63) is 109 Å². The average molecular weight is 618 g/mol. The predicted octanol–water partition coefficient (Wildman–Crippen LogP) is 6.95. The molecular weight excluding hydrogens is 583 g/mol. The van der Waals surface area contributed by atoms with Gasteiger partial charge in [0.05, 0.1) is 10.6 Å². The Labute approximate surface area is 257 Å². The average Bonchev–Trinajstić information content (AvgIpc) is 2.97. The van der Waals surface area contributed by atoms with Crippen LogP contribution in [0.4, 0.5) is 16.2 Å². The SMILES string of the molecule is CC(C)(C)OC(=O)Nc1ccc(SCC(=O)NCCc2ccc(NS(=O)(=O)c3ccc(-c4ccccc4)cc3)cc2)cc1. The van der Waals surface area contributed by atoms with Gasteiger partial charge in [-0.05, 0) is 92.4 Å². The van der Waals surface area contributed by atoms with Crippen molar-refractivity contribution in [1.82, 2.24) is 5.32 Å². The van der Waals surface area contributed by atoms with Crippen LogP contribution in [0.25, 0.3) is 11.1 Å². The minimum absolute atomic E-state index is 0.0939. The molecule has 0 radical (unpaired) electrons. The van der Waals surface area contributed by atoms with E-state index in [2.05, 4.69) is 15.4 Å². The lowest BCUT2D eigenvalue weighted by molar-refractivity contribution is -0.118. The van der Waals surface area contributed by atoms with Gasteiger partial charge in [-0.25, -0.2) is 13.2 Å². The second-order valence-corrected chi connectivity index (χ2v) is 13.5. The molecule has 0 saturated heterocycles. The molecule has 0 bridgehead atoms. The second-order valence-electron chi connectivity index (χ2n) is 10.7. The Balaban J connectivity index is 1.18. The Morgan fingerprint density at radius 3 is 2.00 bits per heavy atom. The van der Waals surface area contributed by atoms with Gasteiger partial charge < -0.3 is 10.1 Å². The molecule has 0 heterocycles. The second kappa shape index (κ2) is 14.3. The van der Waals surface area contributed by atoms with Crippen molar-refractivity contribution in [2.24, 2.45) is 0 Å². The summed E-state index contributed by atoms with van der Waals surface area (Å²) in [6.45, 7) is 5.85. The highest BCUT2D eigenvalue weighted by molar-refractivity contribution is 8.00. The van der Waals surface area contributed by atoms with Crippen molar-refractivity contribution in [3.8, 4) is 11.1 Å². The highest BCUT2D eigenvalue weighted by Gasteiger charge is 2.16. The van der Waals surface area contributed by atoms with Crippen molar-refractivity contribution in [3.63, 3.8) is 0 Å². The molecule has 0 atom stereocenters. The van der Waals surface area contributed by atoms with E-state index >= 15 is 0 Å². The number of carbonyl (C=O) groups is 2. The van der Waals surface area contributed by atoms with Crippen molar-refractivity contribution < 1.29 is 22.7 Å². The molecule has 0 aromatic heterocycles. The minimum atomic E-state index is -3.73. The molecule has 0 fully saturated rings. The van der Waals surface area contributed by atoms with Gasteiger partial charge in [-0.2, -0.15) is 0 Å². The van der Waals surface area contributed by atoms with Crippen LogP contribution in [0.3, 0.4) is 0 Å². The van der Waals surface area contributed by atoms with Crippen LogP contribution in [-0.2, 0) is 26.0 Å². The number of sulfonamides is 1. The molecule has 0 aliphatic carbocycles. The number of hydrogen-bond donors (Lipinski definition) is 3. The standard InChI is InChI=1S/C33H35N3O5S2/c1-33(2,3)41-32(38)35-27-15-17-29(18-16-27)42-23-31(37)34-22-21-24-9-13-28(14-10-24)36-43(39,40)30-19-11-26(12-20-30)25-7-5-4-6-8-25/h4-20,36H,21-23H2,1-3H3,(H,34,37)(H,35,38). The molecule has 0 aliphatic rings. The number of hydrogen-bond acceptors (Lipinski definition) is 6. The van der Waals surface area contributed by atoms with Crippen molar-refractivity contribution in [1.29, 1.82) is 0 Å². The molecule has 3 N–H and O–H groups in total. The van der Waals surface area contributed by atoms with E-state index in [1.165, 1.54) is 11.8 Å². The lowest BCUT2D eigenvalue weighted by Crippen LogP contribution is -2.27. The number of ether oxygens (including phenoxy) is 1. The normalized spacial score (nSPS) is 11.4. The fraction of sp³-hybridized carbons (Fsp3) is 0.212. The third-order valence-electron chi connectivity index (χ3n) is 6.08. The van der Waals surface area contributed by atoms with Gasteiger partial charge in [0.1, 0.15) is 5.60 Å². The number of thioether (sulfide) groups is 1. The molecular formula is C33H35N3O5S2. The molecule has 0 aliphatic heterocycles. The maximum atomic E-state index is 12.9. The van der Waals surface area contributed by atoms with Crippen molar-refractivity contribution >= 4 is 45.2 Å². The van der Waals surface area contributed by atoms with Gasteiger partial charge in [-0.15, -0.1) is 11.8 Å². The van der Waals surface area contributed by atoms with E-state index in [1.807, 2.05) is 54.6 Å². The van der Waals surface area contributed by atoms with Gasteiger partial charge in [0, 0.05) is 22.8 Å². The van der Waals surface area contributed by atoms with Crippen LogP contribution < -0.4 is 15.4 Å². The van der Waals surface area contributed by atoms with Crippen LogP contribution in [0.5, 0.6) is 0 Å². The van der Waals surface area contributed by atoms with Gasteiger partial charge >= 0.3 is 6.09 Å². The van der Waals surface area contributed by atoms with Crippen molar-refractivity contribution in [2.75, 3.05) is 22.3 Å². The zero-order chi connectivity index (χ0) is 30.9. The number of amides is 2. The Morgan fingerprint density at radius 2 is 1.37 bits per heavy atom. The summed E-state index contributed by atoms with van der Waals surface area (Å²) in [6, 6.07) is 30.8. The summed E-state index contributed by atoms with van der Waals surface area (Å²) in [6.07, 6.45) is 0.0864. The summed E-state index contributed by atoms with van der Waals surface area (Å²) >= 11 is 1.40. The number of benzene rings is 4. The van der Waals surface area contributed by atoms with Gasteiger partial charge in [0.2, 0.25) is 5.91 Å². The van der Waals surface area contributed by atoms with Crippen molar-refractivity contribution in [2.45, 2.75) is 42.6 Å². The molecule has 0 saturated carbocycles. The van der Waals surface area contributed by atoms with Gasteiger partial charge in [-0.3, -0.25) is 14.8 Å². The topological polar surface area (TPSA) is 114 Å². The van der Waals surface area contributed by atoms with Crippen LogP contribution >= 0.6 is 11.8 Å². The highest BCUT2D eigenvalue weighted by atomic mass is 32.2. The fourth-order valence-electron chi connectivity index (χ4n) is 4.01. The van der Waals surface area contributed by atoms with E-state index in [4.69, 9.17) is 4.74 Å². The van der Waals surface area contributed by atoms with E-state index in [-0.39, 0.29) is 16.6 Å².